The number of ketones is 1. The van der Waals surface area contributed by atoms with Crippen LogP contribution in [0.5, 0.6) is 5.75 Å². The van der Waals surface area contributed by atoms with Gasteiger partial charge in [0, 0.05) is 24.0 Å². The minimum Gasteiger partial charge on any atom is -0.496 e. The lowest BCUT2D eigenvalue weighted by Gasteiger charge is -2.29. The number of Topliss-reactive ketones (excluding diaryl/α,β-unsaturated/α-hetero) is 1. The third-order valence-corrected chi connectivity index (χ3v) is 9.97. The number of carbonyl (C=O) groups excluding carboxylic acids is 3. The molecule has 11 nitrogen and oxygen atoms in total. The molecular formula is C25H32N4O7S. The molecule has 4 N–H and O–H groups in total. The van der Waals surface area contributed by atoms with E-state index in [-0.39, 0.29) is 30.7 Å². The largest absolute Gasteiger partial charge is 0.496 e. The number of H-pyrrole nitrogens is 1. The number of hydrogen-bond acceptors (Lipinski definition) is 7. The summed E-state index contributed by atoms with van der Waals surface area (Å²) in [6, 6.07) is 5.23. The van der Waals surface area contributed by atoms with Crippen molar-refractivity contribution < 1.29 is 32.6 Å². The number of rotatable bonds is 8. The van der Waals surface area contributed by atoms with E-state index in [0.29, 0.717) is 24.4 Å². The number of amides is 2. The van der Waals surface area contributed by atoms with E-state index >= 15 is 0 Å². The van der Waals surface area contributed by atoms with Crippen LogP contribution >= 0.6 is 0 Å². The molecule has 1 aromatic heterocycles. The first kappa shape index (κ1) is 25.7. The molecule has 2 saturated heterocycles. The van der Waals surface area contributed by atoms with Crippen LogP contribution in [0.3, 0.4) is 0 Å². The molecule has 200 valence electrons. The highest BCUT2D eigenvalue weighted by Crippen LogP contribution is 2.43. The summed E-state index contributed by atoms with van der Waals surface area (Å²) in [5.41, 5.74) is 1.08. The SMILES string of the molecule is COc1cccc2[nH]c(C(=O)N3C[C@@H]4CCC[C@@H]4[C@H]3C(=O)N[C@@H](C[C@@H]3CCNS3(=O)=O)C(=O)CO)cc12. The second-order valence-corrected chi connectivity index (χ2v) is 12.2. The van der Waals surface area contributed by atoms with Gasteiger partial charge in [0.15, 0.2) is 5.78 Å². The molecular weight excluding hydrogens is 500 g/mol. The zero-order chi connectivity index (χ0) is 26.3. The highest BCUT2D eigenvalue weighted by atomic mass is 32.2. The Morgan fingerprint density at radius 2 is 2.05 bits per heavy atom. The van der Waals surface area contributed by atoms with E-state index in [4.69, 9.17) is 4.74 Å². The van der Waals surface area contributed by atoms with Crippen molar-refractivity contribution in [3.8, 4) is 5.75 Å². The Hall–Kier alpha value is -2.96. The maximum atomic E-state index is 13.7. The van der Waals surface area contributed by atoms with E-state index < -0.39 is 45.7 Å². The summed E-state index contributed by atoms with van der Waals surface area (Å²) in [6.45, 7) is -0.125. The van der Waals surface area contributed by atoms with Gasteiger partial charge in [-0.25, -0.2) is 13.1 Å². The number of hydrogen-bond donors (Lipinski definition) is 4. The van der Waals surface area contributed by atoms with Crippen molar-refractivity contribution in [2.75, 3.05) is 26.8 Å². The molecule has 1 aromatic carbocycles. The van der Waals surface area contributed by atoms with Gasteiger partial charge in [-0.3, -0.25) is 14.4 Å². The van der Waals surface area contributed by atoms with Gasteiger partial charge in [0.1, 0.15) is 24.1 Å². The summed E-state index contributed by atoms with van der Waals surface area (Å²) in [5.74, 6) is -0.722. The van der Waals surface area contributed by atoms with E-state index in [2.05, 4.69) is 15.0 Å². The van der Waals surface area contributed by atoms with Crippen LogP contribution in [-0.2, 0) is 19.6 Å². The van der Waals surface area contributed by atoms with Crippen molar-refractivity contribution in [1.82, 2.24) is 19.9 Å². The van der Waals surface area contributed by atoms with E-state index in [1.54, 1.807) is 24.1 Å². The quantitative estimate of drug-likeness (QED) is 0.386. The first-order valence-corrected chi connectivity index (χ1v) is 14.2. The fourth-order valence-corrected chi connectivity index (χ4v) is 7.72. The molecule has 2 aromatic rings. The van der Waals surface area contributed by atoms with Gasteiger partial charge in [-0.2, -0.15) is 0 Å². The Bertz CT molecular complexity index is 1320. The molecule has 0 spiro atoms. The summed E-state index contributed by atoms with van der Waals surface area (Å²) >= 11 is 0. The topological polar surface area (TPSA) is 158 Å². The lowest BCUT2D eigenvalue weighted by Crippen LogP contribution is -2.54. The first-order valence-electron chi connectivity index (χ1n) is 12.6. The molecule has 3 fully saturated rings. The summed E-state index contributed by atoms with van der Waals surface area (Å²) in [6.07, 6.45) is 2.83. The zero-order valence-corrected chi connectivity index (χ0v) is 21.4. The molecule has 5 atom stereocenters. The van der Waals surface area contributed by atoms with Crippen LogP contribution in [0.15, 0.2) is 24.3 Å². The van der Waals surface area contributed by atoms with Crippen molar-refractivity contribution in [3.05, 3.63) is 30.0 Å². The van der Waals surface area contributed by atoms with Gasteiger partial charge in [0.2, 0.25) is 15.9 Å². The Kier molecular flexibility index (Phi) is 6.99. The number of aromatic amines is 1. The predicted octanol–water partition coefficient (Wildman–Crippen LogP) is 0.545. The second-order valence-electron chi connectivity index (χ2n) is 10.1. The number of fused-ring (bicyclic) bond motifs is 2. The number of aliphatic hydroxyl groups is 1. The molecule has 0 unspecified atom stereocenters. The molecule has 0 radical (unpaired) electrons. The van der Waals surface area contributed by atoms with Gasteiger partial charge in [-0.1, -0.05) is 12.5 Å². The fourth-order valence-electron chi connectivity index (χ4n) is 6.21. The van der Waals surface area contributed by atoms with Gasteiger partial charge < -0.3 is 25.0 Å². The zero-order valence-electron chi connectivity index (χ0n) is 20.6. The molecule has 0 bridgehead atoms. The Balaban J connectivity index is 1.40. The van der Waals surface area contributed by atoms with Crippen LogP contribution in [0.4, 0.5) is 0 Å². The normalized spacial score (nSPS) is 27.2. The molecule has 3 heterocycles. The van der Waals surface area contributed by atoms with Crippen molar-refractivity contribution in [2.45, 2.75) is 49.4 Å². The summed E-state index contributed by atoms with van der Waals surface area (Å²) < 4.78 is 32.3. The smallest absolute Gasteiger partial charge is 0.271 e. The van der Waals surface area contributed by atoms with Gasteiger partial charge in [-0.05, 0) is 55.7 Å². The highest BCUT2D eigenvalue weighted by molar-refractivity contribution is 7.90. The number of benzene rings is 1. The summed E-state index contributed by atoms with van der Waals surface area (Å²) in [4.78, 5) is 44.5. The van der Waals surface area contributed by atoms with Crippen molar-refractivity contribution >= 4 is 38.5 Å². The van der Waals surface area contributed by atoms with Gasteiger partial charge in [0.05, 0.1) is 18.4 Å². The van der Waals surface area contributed by atoms with Crippen LogP contribution in [0.1, 0.15) is 42.6 Å². The Morgan fingerprint density at radius 1 is 1.24 bits per heavy atom. The average molecular weight is 533 g/mol. The minimum absolute atomic E-state index is 0.0513. The number of aromatic nitrogens is 1. The lowest BCUT2D eigenvalue weighted by molar-refractivity contribution is -0.132. The number of nitrogens with one attached hydrogen (secondary N) is 3. The van der Waals surface area contributed by atoms with Crippen LogP contribution in [0.2, 0.25) is 0 Å². The number of likely N-dealkylation sites (tertiary alicyclic amines) is 1. The third kappa shape index (κ3) is 4.73. The van der Waals surface area contributed by atoms with Gasteiger partial charge in [-0.15, -0.1) is 0 Å². The van der Waals surface area contributed by atoms with Crippen molar-refractivity contribution in [2.24, 2.45) is 11.8 Å². The van der Waals surface area contributed by atoms with Crippen LogP contribution in [0.25, 0.3) is 10.9 Å². The Labute approximate surface area is 215 Å². The fraction of sp³-hybridized carbons (Fsp3) is 0.560. The van der Waals surface area contributed by atoms with Crippen LogP contribution in [-0.4, -0.2) is 85.1 Å². The standard InChI is InChI=1S/C25H32N4O7S/c1-36-22-7-3-6-18-17(22)11-20(27-18)25(33)29-12-14-4-2-5-16(14)23(29)24(32)28-19(21(31)13-30)10-15-8-9-26-37(15,34)35/h3,6-7,11,14-16,19,23,26-27,30H,2,4-5,8-10,12-13H2,1H3,(H,28,32)/t14-,15-,16-,19-,23-/m0/s1. The number of methoxy groups -OCH3 is 1. The van der Waals surface area contributed by atoms with Crippen molar-refractivity contribution in [1.29, 1.82) is 0 Å². The molecule has 1 saturated carbocycles. The van der Waals surface area contributed by atoms with Crippen LogP contribution in [0, 0.1) is 11.8 Å². The molecule has 5 rings (SSSR count). The molecule has 12 heteroatoms. The first-order chi connectivity index (χ1) is 17.7. The van der Waals surface area contributed by atoms with Gasteiger partial charge >= 0.3 is 0 Å². The third-order valence-electron chi connectivity index (χ3n) is 8.06. The number of aliphatic hydroxyl groups excluding tert-OH is 1. The number of carbonyl (C=O) groups is 3. The number of ether oxygens (including phenoxy) is 1. The summed E-state index contributed by atoms with van der Waals surface area (Å²) in [7, 11) is -2.03. The van der Waals surface area contributed by atoms with Gasteiger partial charge in [0.25, 0.3) is 5.91 Å². The molecule has 2 aliphatic heterocycles. The lowest BCUT2D eigenvalue weighted by atomic mass is 9.93. The molecule has 37 heavy (non-hydrogen) atoms. The molecule has 3 aliphatic rings. The second kappa shape index (κ2) is 10.1. The van der Waals surface area contributed by atoms with E-state index in [1.807, 2.05) is 12.1 Å². The van der Waals surface area contributed by atoms with E-state index in [0.717, 1.165) is 30.2 Å². The maximum Gasteiger partial charge on any atom is 0.271 e. The highest BCUT2D eigenvalue weighted by Gasteiger charge is 2.50. The monoisotopic (exact) mass is 532 g/mol. The van der Waals surface area contributed by atoms with Crippen LogP contribution < -0.4 is 14.8 Å². The van der Waals surface area contributed by atoms with E-state index in [1.165, 1.54) is 0 Å². The predicted molar refractivity (Wildman–Crippen MR) is 134 cm³/mol. The summed E-state index contributed by atoms with van der Waals surface area (Å²) in [5, 5.41) is 12.1. The number of nitrogens with zero attached hydrogens (tertiary/aromatic N) is 1. The van der Waals surface area contributed by atoms with E-state index in [9.17, 15) is 27.9 Å². The maximum absolute atomic E-state index is 13.7. The average Bonchev–Trinajstić information content (AvgIpc) is 3.65. The number of sulfonamides is 1. The Morgan fingerprint density at radius 3 is 2.76 bits per heavy atom. The molecule has 1 aliphatic carbocycles. The minimum atomic E-state index is -3.59. The molecule has 2 amide bonds. The van der Waals surface area contributed by atoms with Crippen molar-refractivity contribution in [3.63, 3.8) is 0 Å².